The molecule has 6 nitrogen and oxygen atoms in total. The Bertz CT molecular complexity index is 1800. The Morgan fingerprint density at radius 3 is 0.897 bits per heavy atom. The Morgan fingerprint density at radius 1 is 0.397 bits per heavy atom. The van der Waals surface area contributed by atoms with Gasteiger partial charge in [0.25, 0.3) is 0 Å². The highest BCUT2D eigenvalue weighted by Crippen LogP contribution is 2.57. The second-order valence-corrected chi connectivity index (χ2v) is 20.1. The van der Waals surface area contributed by atoms with E-state index in [2.05, 4.69) is 125 Å². The second-order valence-electron chi connectivity index (χ2n) is 20.1. The van der Waals surface area contributed by atoms with Gasteiger partial charge in [-0.2, -0.15) is 0 Å². The van der Waals surface area contributed by atoms with Crippen LogP contribution in [0.15, 0.2) is 97.1 Å². The Hall–Kier alpha value is -1.90. The summed E-state index contributed by atoms with van der Waals surface area (Å²) in [4.78, 5) is 0. The number of rotatable bonds is 8. The molecule has 0 aromatic heterocycles. The minimum Gasteiger partial charge on any atom is -1.00 e. The van der Waals surface area contributed by atoms with E-state index in [1.54, 1.807) is 44.5 Å². The van der Waals surface area contributed by atoms with Crippen LogP contribution in [-0.2, 0) is 0 Å². The molecule has 2 fully saturated rings. The molecule has 2 aliphatic heterocycles. The number of benzene rings is 4. The number of likely N-dealkylation sites (N-methyl/N-ethyl adjacent to an activating group) is 4. The third-order valence-electron chi connectivity index (χ3n) is 16.2. The molecule has 6 aliphatic carbocycles. The van der Waals surface area contributed by atoms with Gasteiger partial charge in [-0.05, 0) is 57.3 Å². The average molecular weight is 1010 g/mol. The van der Waals surface area contributed by atoms with Crippen molar-refractivity contribution in [2.24, 2.45) is 11.8 Å². The topological polar surface area (TPSA) is 40.5 Å². The maximum Gasteiger partial charge on any atom is 0.129 e. The van der Waals surface area contributed by atoms with Crippen LogP contribution in [-0.4, -0.2) is 148 Å². The third-order valence-corrected chi connectivity index (χ3v) is 16.2. The van der Waals surface area contributed by atoms with Crippen LogP contribution in [0.1, 0.15) is 81.0 Å². The monoisotopic (exact) mass is 1010 g/mol. The van der Waals surface area contributed by atoms with E-state index in [0.717, 1.165) is 33.9 Å². The van der Waals surface area contributed by atoms with Gasteiger partial charge < -0.3 is 76.1 Å². The van der Waals surface area contributed by atoms with Crippen LogP contribution in [0, 0.1) is 11.8 Å². The smallest absolute Gasteiger partial charge is 0.129 e. The van der Waals surface area contributed by atoms with Crippen molar-refractivity contribution in [3.05, 3.63) is 142 Å². The predicted octanol–water partition coefficient (Wildman–Crippen LogP) is 0.374. The van der Waals surface area contributed by atoms with Crippen LogP contribution in [0.2, 0.25) is 0 Å². The lowest BCUT2D eigenvalue weighted by atomic mass is 9.59. The first-order chi connectivity index (χ1) is 27.0. The molecule has 4 aromatic carbocycles. The molecule has 2 unspecified atom stereocenters. The van der Waals surface area contributed by atoms with Gasteiger partial charge in [0.1, 0.15) is 65.4 Å². The van der Waals surface area contributed by atoms with Crippen molar-refractivity contribution in [3.63, 3.8) is 0 Å². The van der Waals surface area contributed by atoms with E-state index in [1.807, 2.05) is 0 Å². The molecule has 58 heavy (non-hydrogen) atoms. The number of hydrogen-bond acceptors (Lipinski definition) is 2. The number of hydrogen-bond donors (Lipinski definition) is 2. The molecule has 12 rings (SSSR count). The van der Waals surface area contributed by atoms with Crippen molar-refractivity contribution in [2.75, 3.05) is 120 Å². The van der Waals surface area contributed by atoms with E-state index in [0.29, 0.717) is 36.9 Å². The lowest BCUT2D eigenvalue weighted by Gasteiger charge is -2.51. The van der Waals surface area contributed by atoms with Crippen molar-refractivity contribution >= 4 is 0 Å². The van der Waals surface area contributed by atoms with Gasteiger partial charge in [0.15, 0.2) is 0 Å². The summed E-state index contributed by atoms with van der Waals surface area (Å²) in [5.41, 5.74) is 12.7. The fourth-order valence-corrected chi connectivity index (χ4v) is 12.7. The van der Waals surface area contributed by atoms with Crippen LogP contribution >= 0.6 is 0 Å². The molecule has 0 radical (unpaired) electrons. The number of piperazine rings is 2. The largest absolute Gasteiger partial charge is 1.00 e. The molecule has 8 heteroatoms. The lowest BCUT2D eigenvalue weighted by molar-refractivity contribution is -1.02. The van der Waals surface area contributed by atoms with Crippen LogP contribution in [0.3, 0.4) is 0 Å². The molecular weight excluding hydrogens is 942 g/mol. The zero-order valence-corrected chi connectivity index (χ0v) is 39.8. The van der Waals surface area contributed by atoms with E-state index >= 15 is 0 Å². The van der Waals surface area contributed by atoms with E-state index in [9.17, 15) is 10.2 Å². The summed E-state index contributed by atoms with van der Waals surface area (Å²) in [6, 6.07) is 36.8. The Kier molecular flexibility index (Phi) is 13.3. The van der Waals surface area contributed by atoms with Crippen LogP contribution in [0.5, 0.6) is 0 Å². The summed E-state index contributed by atoms with van der Waals surface area (Å²) >= 11 is 0. The highest BCUT2D eigenvalue weighted by Gasteiger charge is 2.49. The zero-order valence-electron chi connectivity index (χ0n) is 35.5. The molecular formula is C50H68I2N4O2+2. The SMILES string of the molecule is C[N+]1(CCO)CC[N+](C)(CC2CC3c4ccccc4C2c2ccccc23)CC1.C[N+]1(CCO)CC[N+](C)(CC2CC3c4ccccc4C2c2ccccc23)CC1.[I-].[I-]. The van der Waals surface area contributed by atoms with Gasteiger partial charge in [0.05, 0.1) is 54.5 Å². The van der Waals surface area contributed by atoms with Gasteiger partial charge in [-0.3, -0.25) is 0 Å². The van der Waals surface area contributed by atoms with E-state index in [4.69, 9.17) is 0 Å². The summed E-state index contributed by atoms with van der Waals surface area (Å²) < 4.78 is 4.45. The highest BCUT2D eigenvalue weighted by molar-refractivity contribution is 5.57. The fourth-order valence-electron chi connectivity index (χ4n) is 12.7. The molecule has 0 saturated carbocycles. The summed E-state index contributed by atoms with van der Waals surface area (Å²) in [7, 11) is 9.58. The highest BCUT2D eigenvalue weighted by atomic mass is 127. The summed E-state index contributed by atoms with van der Waals surface area (Å²) in [6.45, 7) is 14.6. The minimum atomic E-state index is 0. The first kappa shape index (κ1) is 44.2. The molecule has 0 spiro atoms. The Morgan fingerprint density at radius 2 is 0.638 bits per heavy atom. The maximum absolute atomic E-state index is 9.41. The van der Waals surface area contributed by atoms with E-state index in [1.165, 1.54) is 87.3 Å². The number of aliphatic hydroxyl groups excluding tert-OH is 2. The quantitative estimate of drug-likeness (QED) is 0.198. The van der Waals surface area contributed by atoms with Gasteiger partial charge in [0.2, 0.25) is 0 Å². The third kappa shape index (κ3) is 8.24. The zero-order chi connectivity index (χ0) is 38.7. The molecule has 4 bridgehead atoms. The van der Waals surface area contributed by atoms with E-state index in [-0.39, 0.29) is 48.0 Å². The standard InChI is InChI=1S/2C25H34N2O.2HI/c2*1-26(15-16-28)11-13-27(2,14-12-26)18-19-17-24-20-7-3-5-9-22(20)25(19)23-10-6-4-8-21(23)24;;/h2*3-10,19,24-25,28H,11-18H2,1-2H3;2*1H/q2*+2;;/p-2. The van der Waals surface area contributed by atoms with Crippen molar-refractivity contribution in [1.82, 2.24) is 0 Å². The Balaban J connectivity index is 0.000000171. The minimum absolute atomic E-state index is 0. The number of halogens is 2. The summed E-state index contributed by atoms with van der Waals surface area (Å²) in [5, 5.41) is 18.8. The summed E-state index contributed by atoms with van der Waals surface area (Å²) in [6.07, 6.45) is 2.60. The number of fused-ring (bicyclic) bond motifs is 2. The molecule has 312 valence electrons. The molecule has 0 amide bonds. The van der Waals surface area contributed by atoms with Crippen LogP contribution < -0.4 is 48.0 Å². The van der Waals surface area contributed by atoms with Gasteiger partial charge >= 0.3 is 0 Å². The first-order valence-electron chi connectivity index (χ1n) is 22.0. The number of quaternary nitrogens is 4. The molecule has 2 N–H and O–H groups in total. The van der Waals surface area contributed by atoms with Crippen LogP contribution in [0.25, 0.3) is 0 Å². The lowest BCUT2D eigenvalue weighted by Crippen LogP contribution is -3.00. The molecule has 8 aliphatic rings. The number of aliphatic hydroxyl groups is 2. The molecule has 2 atom stereocenters. The van der Waals surface area contributed by atoms with E-state index < -0.39 is 0 Å². The van der Waals surface area contributed by atoms with Crippen molar-refractivity contribution in [2.45, 2.75) is 36.5 Å². The van der Waals surface area contributed by atoms with Gasteiger partial charge in [0, 0.05) is 35.5 Å². The van der Waals surface area contributed by atoms with Crippen molar-refractivity contribution in [1.29, 1.82) is 0 Å². The van der Waals surface area contributed by atoms with Gasteiger partial charge in [-0.1, -0.05) is 97.1 Å². The maximum atomic E-state index is 9.41. The molecule has 4 aromatic rings. The normalized spacial score (nSPS) is 34.8. The summed E-state index contributed by atoms with van der Waals surface area (Å²) in [5.74, 6) is 3.74. The second kappa shape index (κ2) is 17.5. The Labute approximate surface area is 383 Å². The van der Waals surface area contributed by atoms with Gasteiger partial charge in [-0.15, -0.1) is 0 Å². The van der Waals surface area contributed by atoms with Crippen LogP contribution in [0.4, 0.5) is 0 Å². The number of nitrogens with zero attached hydrogens (tertiary/aromatic N) is 4. The van der Waals surface area contributed by atoms with Gasteiger partial charge in [-0.25, -0.2) is 0 Å². The molecule has 2 saturated heterocycles. The molecule has 2 heterocycles. The fraction of sp³-hybridized carbons (Fsp3) is 0.520. The average Bonchev–Trinajstić information content (AvgIpc) is 3.21. The van der Waals surface area contributed by atoms with Crippen molar-refractivity contribution in [3.8, 4) is 0 Å². The van der Waals surface area contributed by atoms with Crippen molar-refractivity contribution < 1.29 is 76.1 Å². The predicted molar refractivity (Wildman–Crippen MR) is 227 cm³/mol. The first-order valence-corrected chi connectivity index (χ1v) is 22.0.